The van der Waals surface area contributed by atoms with Crippen LogP contribution in [0.2, 0.25) is 0 Å². The second-order valence-electron chi connectivity index (χ2n) is 6.56. The summed E-state index contributed by atoms with van der Waals surface area (Å²) in [5.41, 5.74) is 3.15. The van der Waals surface area contributed by atoms with Crippen LogP contribution in [-0.4, -0.2) is 17.5 Å². The van der Waals surface area contributed by atoms with E-state index in [1.165, 1.54) is 36.8 Å². The van der Waals surface area contributed by atoms with Crippen LogP contribution >= 0.6 is 0 Å². The molecule has 0 saturated carbocycles. The molecule has 1 aromatic heterocycles. The summed E-state index contributed by atoms with van der Waals surface area (Å²) in [5.74, 6) is -1.03. The van der Waals surface area contributed by atoms with E-state index in [0.29, 0.717) is 17.5 Å². The van der Waals surface area contributed by atoms with Crippen molar-refractivity contribution in [2.24, 2.45) is 0 Å². The third-order valence-corrected chi connectivity index (χ3v) is 3.69. The zero-order valence-electron chi connectivity index (χ0n) is 15.4. The van der Waals surface area contributed by atoms with E-state index in [0.717, 1.165) is 11.1 Å². The highest BCUT2D eigenvalue weighted by Gasteiger charge is 2.25. The molecule has 0 amide bonds. The maximum absolute atomic E-state index is 12.2. The Morgan fingerprint density at radius 1 is 1.12 bits per heavy atom. The minimum absolute atomic E-state index is 0.238. The van der Waals surface area contributed by atoms with Gasteiger partial charge in [0.05, 0.1) is 12.5 Å². The number of ketones is 2. The summed E-state index contributed by atoms with van der Waals surface area (Å²) in [6.07, 6.45) is 9.73. The van der Waals surface area contributed by atoms with Crippen LogP contribution < -0.4 is 0 Å². The summed E-state index contributed by atoms with van der Waals surface area (Å²) in [5, 5.41) is 0. The Hall–Kier alpha value is -2.95. The average molecular weight is 354 g/mol. The molecule has 5 nitrogen and oxygen atoms in total. The number of hydrogen-bond acceptors (Lipinski definition) is 5. The molecule has 26 heavy (non-hydrogen) atoms. The number of furan rings is 1. The Kier molecular flexibility index (Phi) is 6.28. The first-order valence-corrected chi connectivity index (χ1v) is 8.31. The molecule has 0 radical (unpaired) electrons. The van der Waals surface area contributed by atoms with E-state index in [1.54, 1.807) is 13.8 Å². The molecule has 0 aliphatic heterocycles. The number of carbonyl (C=O) groups excluding carboxylic acids is 3. The van der Waals surface area contributed by atoms with Crippen molar-refractivity contribution >= 4 is 23.1 Å². The van der Waals surface area contributed by atoms with E-state index >= 15 is 0 Å². The van der Waals surface area contributed by atoms with Gasteiger partial charge in [0.1, 0.15) is 6.10 Å². The fourth-order valence-corrected chi connectivity index (χ4v) is 2.49. The van der Waals surface area contributed by atoms with Crippen LogP contribution in [0.15, 0.2) is 58.5 Å². The second-order valence-corrected chi connectivity index (χ2v) is 6.56. The van der Waals surface area contributed by atoms with E-state index < -0.39 is 12.1 Å². The number of hydrogen-bond donors (Lipinski definition) is 0. The molecule has 1 unspecified atom stereocenters. The van der Waals surface area contributed by atoms with Gasteiger partial charge in [-0.05, 0) is 45.9 Å². The quantitative estimate of drug-likeness (QED) is 0.330. The van der Waals surface area contributed by atoms with Gasteiger partial charge in [-0.2, -0.15) is 0 Å². The minimum Gasteiger partial charge on any atom is -0.472 e. The van der Waals surface area contributed by atoms with Crippen molar-refractivity contribution in [2.75, 3.05) is 0 Å². The standard InChI is InChI=1S/C21H22O5/c1-13(2)5-8-20(26-21(24)9-14(3)4)18-12-25-11-17(18)16-10-15(22)6-7-19(16)23/h5-7,9-12,20H,8H2,1-4H3. The van der Waals surface area contributed by atoms with Gasteiger partial charge in [-0.25, -0.2) is 4.79 Å². The molecule has 0 saturated heterocycles. The van der Waals surface area contributed by atoms with E-state index in [-0.39, 0.29) is 17.1 Å². The first-order chi connectivity index (χ1) is 12.3. The van der Waals surface area contributed by atoms with E-state index in [4.69, 9.17) is 9.15 Å². The Bertz CT molecular complexity index is 838. The molecule has 0 spiro atoms. The average Bonchev–Trinajstić information content (AvgIpc) is 3.02. The van der Waals surface area contributed by atoms with Gasteiger partial charge in [-0.1, -0.05) is 17.2 Å². The predicted octanol–water partition coefficient (Wildman–Crippen LogP) is 4.28. The maximum Gasteiger partial charge on any atom is 0.331 e. The molecule has 136 valence electrons. The molecule has 1 atom stereocenters. The highest BCUT2D eigenvalue weighted by Crippen LogP contribution is 2.32. The first kappa shape index (κ1) is 19.4. The zero-order valence-corrected chi connectivity index (χ0v) is 15.4. The van der Waals surface area contributed by atoms with E-state index in [1.807, 2.05) is 19.9 Å². The molecule has 1 aliphatic carbocycles. The number of esters is 1. The van der Waals surface area contributed by atoms with Crippen LogP contribution in [0.1, 0.15) is 51.3 Å². The molecule has 1 aliphatic rings. The maximum atomic E-state index is 12.2. The zero-order chi connectivity index (χ0) is 19.3. The summed E-state index contributed by atoms with van der Waals surface area (Å²) in [6, 6.07) is 0. The Morgan fingerprint density at radius 3 is 2.50 bits per heavy atom. The van der Waals surface area contributed by atoms with Crippen molar-refractivity contribution in [3.05, 3.63) is 65.2 Å². The lowest BCUT2D eigenvalue weighted by atomic mass is 9.93. The largest absolute Gasteiger partial charge is 0.472 e. The lowest BCUT2D eigenvalue weighted by Gasteiger charge is -2.17. The predicted molar refractivity (Wildman–Crippen MR) is 98.2 cm³/mol. The fourth-order valence-electron chi connectivity index (χ4n) is 2.49. The van der Waals surface area contributed by atoms with Crippen LogP contribution in [0.25, 0.3) is 5.57 Å². The van der Waals surface area contributed by atoms with E-state index in [9.17, 15) is 14.4 Å². The summed E-state index contributed by atoms with van der Waals surface area (Å²) in [7, 11) is 0. The Morgan fingerprint density at radius 2 is 1.85 bits per heavy atom. The molecule has 0 aromatic carbocycles. The van der Waals surface area contributed by atoms with Gasteiger partial charge >= 0.3 is 5.97 Å². The van der Waals surface area contributed by atoms with Crippen LogP contribution in [0.5, 0.6) is 0 Å². The lowest BCUT2D eigenvalue weighted by Crippen LogP contribution is -2.13. The summed E-state index contributed by atoms with van der Waals surface area (Å²) in [4.78, 5) is 35.9. The number of allylic oxidation sites excluding steroid dienone is 6. The molecule has 5 heteroatoms. The van der Waals surface area contributed by atoms with Crippen molar-refractivity contribution in [2.45, 2.75) is 40.2 Å². The summed E-state index contributed by atoms with van der Waals surface area (Å²) >= 11 is 0. The van der Waals surface area contributed by atoms with Gasteiger partial charge in [0, 0.05) is 29.2 Å². The topological polar surface area (TPSA) is 73.6 Å². The number of carbonyl (C=O) groups is 3. The van der Waals surface area contributed by atoms with Crippen LogP contribution in [0.3, 0.4) is 0 Å². The van der Waals surface area contributed by atoms with Crippen molar-refractivity contribution in [1.29, 1.82) is 0 Å². The van der Waals surface area contributed by atoms with E-state index in [2.05, 4.69) is 0 Å². The monoisotopic (exact) mass is 354 g/mol. The number of rotatable bonds is 6. The minimum atomic E-state index is -0.628. The van der Waals surface area contributed by atoms with Gasteiger partial charge in [0.25, 0.3) is 0 Å². The van der Waals surface area contributed by atoms with Crippen molar-refractivity contribution in [3.63, 3.8) is 0 Å². The van der Waals surface area contributed by atoms with Crippen molar-refractivity contribution < 1.29 is 23.5 Å². The first-order valence-electron chi connectivity index (χ1n) is 8.31. The van der Waals surface area contributed by atoms with Crippen LogP contribution in [0.4, 0.5) is 0 Å². The molecule has 1 heterocycles. The SMILES string of the molecule is CC(C)=CCC(OC(=O)C=C(C)C)c1cocc1C1=CC(=O)C=CC1=O. The second kappa shape index (κ2) is 8.43. The fraction of sp³-hybridized carbons (Fsp3) is 0.286. The van der Waals surface area contributed by atoms with Crippen molar-refractivity contribution in [3.8, 4) is 0 Å². The Labute approximate surface area is 152 Å². The van der Waals surface area contributed by atoms with Gasteiger partial charge < -0.3 is 9.15 Å². The molecule has 0 fully saturated rings. The summed E-state index contributed by atoms with van der Waals surface area (Å²) < 4.78 is 10.9. The highest BCUT2D eigenvalue weighted by molar-refractivity contribution is 6.34. The highest BCUT2D eigenvalue weighted by atomic mass is 16.5. The summed E-state index contributed by atoms with van der Waals surface area (Å²) in [6.45, 7) is 7.50. The van der Waals surface area contributed by atoms with Gasteiger partial charge in [-0.15, -0.1) is 0 Å². The molecule has 0 N–H and O–H groups in total. The molecule has 2 rings (SSSR count). The van der Waals surface area contributed by atoms with Gasteiger partial charge in [0.2, 0.25) is 0 Å². The lowest BCUT2D eigenvalue weighted by molar-refractivity contribution is -0.143. The smallest absolute Gasteiger partial charge is 0.331 e. The molecule has 1 aromatic rings. The van der Waals surface area contributed by atoms with Gasteiger partial charge in [-0.3, -0.25) is 9.59 Å². The Balaban J connectivity index is 2.40. The van der Waals surface area contributed by atoms with Crippen LogP contribution in [0, 0.1) is 0 Å². The molecule has 0 bridgehead atoms. The van der Waals surface area contributed by atoms with Crippen molar-refractivity contribution in [1.82, 2.24) is 0 Å². The molecular weight excluding hydrogens is 332 g/mol. The third kappa shape index (κ3) is 5.02. The third-order valence-electron chi connectivity index (χ3n) is 3.69. The van der Waals surface area contributed by atoms with Crippen LogP contribution in [-0.2, 0) is 19.1 Å². The molecular formula is C21H22O5. The van der Waals surface area contributed by atoms with Gasteiger partial charge in [0.15, 0.2) is 11.6 Å². The normalized spacial score (nSPS) is 14.5. The number of ether oxygens (including phenoxy) is 1.